The first-order chi connectivity index (χ1) is 18.5. The number of carbonyl (C=O) groups is 1. The van der Waals surface area contributed by atoms with E-state index in [1.165, 1.54) is 16.1 Å². The molecule has 1 amide bonds. The summed E-state index contributed by atoms with van der Waals surface area (Å²) < 4.78 is 34.0. The summed E-state index contributed by atoms with van der Waals surface area (Å²) in [5.74, 6) is 0.302. The summed E-state index contributed by atoms with van der Waals surface area (Å²) in [4.78, 5) is 16.1. The van der Waals surface area contributed by atoms with E-state index in [0.29, 0.717) is 12.3 Å². The van der Waals surface area contributed by atoms with Gasteiger partial charge in [0.15, 0.2) is 0 Å². The fourth-order valence-corrected chi connectivity index (χ4v) is 7.96. The van der Waals surface area contributed by atoms with Crippen molar-refractivity contribution in [3.63, 3.8) is 0 Å². The van der Waals surface area contributed by atoms with Crippen LogP contribution in [0.1, 0.15) is 18.0 Å². The zero-order valence-corrected chi connectivity index (χ0v) is 22.9. The van der Waals surface area contributed by atoms with E-state index in [2.05, 4.69) is 10.2 Å². The number of morpholine rings is 1. The normalized spacial score (nSPS) is 19.7. The van der Waals surface area contributed by atoms with Crippen LogP contribution in [-0.4, -0.2) is 74.0 Å². The van der Waals surface area contributed by atoms with Crippen molar-refractivity contribution in [1.29, 1.82) is 0 Å². The molecular formula is C29H33N3O4S2. The van der Waals surface area contributed by atoms with Crippen molar-refractivity contribution >= 4 is 27.7 Å². The van der Waals surface area contributed by atoms with Crippen molar-refractivity contribution in [2.45, 2.75) is 22.7 Å². The van der Waals surface area contributed by atoms with Crippen molar-refractivity contribution in [2.24, 2.45) is 0 Å². The van der Waals surface area contributed by atoms with Crippen LogP contribution in [0, 0.1) is 0 Å². The number of nitrogens with one attached hydrogen (secondary N) is 1. The molecular weight excluding hydrogens is 518 g/mol. The smallest absolute Gasteiger partial charge is 0.249 e. The van der Waals surface area contributed by atoms with Crippen molar-refractivity contribution in [3.8, 4) is 11.1 Å². The second-order valence-corrected chi connectivity index (χ2v) is 12.5. The Morgan fingerprint density at radius 2 is 1.53 bits per heavy atom. The molecule has 3 aromatic carbocycles. The number of thioether (sulfide) groups is 1. The molecule has 2 aliphatic rings. The third-order valence-electron chi connectivity index (χ3n) is 7.00. The highest BCUT2D eigenvalue weighted by Crippen LogP contribution is 2.32. The van der Waals surface area contributed by atoms with E-state index in [1.807, 2.05) is 72.8 Å². The minimum Gasteiger partial charge on any atom is -0.379 e. The van der Waals surface area contributed by atoms with E-state index < -0.39 is 15.4 Å². The molecule has 9 heteroatoms. The van der Waals surface area contributed by atoms with Gasteiger partial charge in [-0.25, -0.2) is 8.42 Å². The summed E-state index contributed by atoms with van der Waals surface area (Å²) in [7, 11) is -3.83. The highest BCUT2D eigenvalue weighted by atomic mass is 32.2. The SMILES string of the molecule is O=C(NC(CCN1CCOCC1)c1ccccc1)C1SCCN1S(=O)(=O)c1ccc(-c2ccccc2)cc1. The molecule has 2 heterocycles. The number of sulfonamides is 1. The Morgan fingerprint density at radius 3 is 2.21 bits per heavy atom. The van der Waals surface area contributed by atoms with Gasteiger partial charge in [-0.15, -0.1) is 11.8 Å². The van der Waals surface area contributed by atoms with Gasteiger partial charge in [-0.2, -0.15) is 4.31 Å². The molecule has 2 saturated heterocycles. The first kappa shape index (κ1) is 26.9. The zero-order valence-electron chi connectivity index (χ0n) is 21.2. The third kappa shape index (κ3) is 6.30. The summed E-state index contributed by atoms with van der Waals surface area (Å²) in [5, 5.41) is 2.37. The van der Waals surface area contributed by atoms with Gasteiger partial charge in [-0.3, -0.25) is 9.69 Å². The van der Waals surface area contributed by atoms with Gasteiger partial charge in [0.1, 0.15) is 5.37 Å². The minimum atomic E-state index is -3.83. The molecule has 200 valence electrons. The number of benzene rings is 3. The van der Waals surface area contributed by atoms with Gasteiger partial charge in [0, 0.05) is 31.9 Å². The van der Waals surface area contributed by atoms with Gasteiger partial charge in [0.25, 0.3) is 0 Å². The Labute approximate surface area is 229 Å². The number of nitrogens with zero attached hydrogens (tertiary/aromatic N) is 2. The van der Waals surface area contributed by atoms with Gasteiger partial charge < -0.3 is 10.1 Å². The number of amides is 1. The van der Waals surface area contributed by atoms with E-state index in [0.717, 1.165) is 56.0 Å². The van der Waals surface area contributed by atoms with Crippen molar-refractivity contribution in [3.05, 3.63) is 90.5 Å². The Morgan fingerprint density at radius 1 is 0.895 bits per heavy atom. The van der Waals surface area contributed by atoms with Crippen molar-refractivity contribution in [2.75, 3.05) is 45.1 Å². The lowest BCUT2D eigenvalue weighted by Crippen LogP contribution is -2.46. The zero-order chi connectivity index (χ0) is 26.4. The van der Waals surface area contributed by atoms with Gasteiger partial charge in [0.2, 0.25) is 15.9 Å². The van der Waals surface area contributed by atoms with Crippen LogP contribution in [0.5, 0.6) is 0 Å². The lowest BCUT2D eigenvalue weighted by molar-refractivity contribution is -0.123. The second kappa shape index (κ2) is 12.4. The molecule has 7 nitrogen and oxygen atoms in total. The number of rotatable bonds is 9. The summed E-state index contributed by atoms with van der Waals surface area (Å²) in [6, 6.07) is 26.4. The van der Waals surface area contributed by atoms with Gasteiger partial charge >= 0.3 is 0 Å². The first-order valence-corrected chi connectivity index (χ1v) is 15.5. The van der Waals surface area contributed by atoms with Gasteiger partial charge in [-0.05, 0) is 35.2 Å². The van der Waals surface area contributed by atoms with Crippen LogP contribution < -0.4 is 5.32 Å². The quantitative estimate of drug-likeness (QED) is 0.433. The molecule has 38 heavy (non-hydrogen) atoms. The van der Waals surface area contributed by atoms with Crippen LogP contribution in [0.4, 0.5) is 0 Å². The summed E-state index contributed by atoms with van der Waals surface area (Å²) in [6.45, 7) is 4.33. The minimum absolute atomic E-state index is 0.199. The van der Waals surface area contributed by atoms with Crippen LogP contribution in [0.15, 0.2) is 89.8 Å². The molecule has 0 aliphatic carbocycles. The summed E-state index contributed by atoms with van der Waals surface area (Å²) in [5.41, 5.74) is 2.98. The van der Waals surface area contributed by atoms with Crippen molar-refractivity contribution < 1.29 is 17.9 Å². The number of hydrogen-bond acceptors (Lipinski definition) is 6. The summed E-state index contributed by atoms with van der Waals surface area (Å²) >= 11 is 1.37. The highest BCUT2D eigenvalue weighted by Gasteiger charge is 2.40. The first-order valence-electron chi connectivity index (χ1n) is 13.0. The van der Waals surface area contributed by atoms with E-state index in [-0.39, 0.29) is 16.8 Å². The van der Waals surface area contributed by atoms with E-state index in [1.54, 1.807) is 12.1 Å². The number of ether oxygens (including phenoxy) is 1. The molecule has 0 saturated carbocycles. The van der Waals surface area contributed by atoms with Crippen molar-refractivity contribution in [1.82, 2.24) is 14.5 Å². The maximum Gasteiger partial charge on any atom is 0.249 e. The molecule has 5 rings (SSSR count). The van der Waals surface area contributed by atoms with Crippen LogP contribution in [0.2, 0.25) is 0 Å². The Balaban J connectivity index is 1.30. The number of hydrogen-bond donors (Lipinski definition) is 1. The second-order valence-electron chi connectivity index (χ2n) is 9.44. The Bertz CT molecular complexity index is 1300. The maximum absolute atomic E-state index is 13.6. The molecule has 0 radical (unpaired) electrons. The maximum atomic E-state index is 13.6. The van der Waals surface area contributed by atoms with Gasteiger partial charge in [0.05, 0.1) is 24.2 Å². The van der Waals surface area contributed by atoms with Crippen LogP contribution >= 0.6 is 11.8 Å². The standard InChI is InChI=1S/C29H33N3O4S2/c33-28(30-27(25-9-5-2-6-10-25)15-16-31-17-20-36-21-18-31)29-32(19-22-37-29)38(34,35)26-13-11-24(12-14-26)23-7-3-1-4-8-23/h1-14,27,29H,15-22H2,(H,30,33). The third-order valence-corrected chi connectivity index (χ3v) is 10.2. The fourth-order valence-electron chi connectivity index (χ4n) is 4.88. The van der Waals surface area contributed by atoms with Crippen LogP contribution in [0.3, 0.4) is 0 Å². The Hall–Kier alpha value is -2.69. The van der Waals surface area contributed by atoms with E-state index in [4.69, 9.17) is 4.74 Å². The molecule has 2 unspecified atom stereocenters. The molecule has 0 spiro atoms. The molecule has 0 bridgehead atoms. The molecule has 1 N–H and O–H groups in total. The average molecular weight is 552 g/mol. The topological polar surface area (TPSA) is 79.0 Å². The van der Waals surface area contributed by atoms with Crippen LogP contribution in [-0.2, 0) is 19.6 Å². The monoisotopic (exact) mass is 551 g/mol. The molecule has 0 aromatic heterocycles. The van der Waals surface area contributed by atoms with E-state index in [9.17, 15) is 13.2 Å². The van der Waals surface area contributed by atoms with Crippen LogP contribution in [0.25, 0.3) is 11.1 Å². The van der Waals surface area contributed by atoms with E-state index >= 15 is 0 Å². The Kier molecular flexibility index (Phi) is 8.81. The molecule has 2 fully saturated rings. The highest BCUT2D eigenvalue weighted by molar-refractivity contribution is 8.02. The lowest BCUT2D eigenvalue weighted by atomic mass is 10.0. The summed E-state index contributed by atoms with van der Waals surface area (Å²) in [6.07, 6.45) is 0.737. The molecule has 2 atom stereocenters. The largest absolute Gasteiger partial charge is 0.379 e. The molecule has 2 aliphatic heterocycles. The predicted octanol–water partition coefficient (Wildman–Crippen LogP) is 4.00. The predicted molar refractivity (Wildman–Crippen MR) is 151 cm³/mol. The molecule has 3 aromatic rings. The fraction of sp³-hybridized carbons (Fsp3) is 0.345. The average Bonchev–Trinajstić information content (AvgIpc) is 3.48. The van der Waals surface area contributed by atoms with Gasteiger partial charge in [-0.1, -0.05) is 72.8 Å². The lowest BCUT2D eigenvalue weighted by Gasteiger charge is -2.30. The number of carbonyl (C=O) groups excluding carboxylic acids is 1.